The van der Waals surface area contributed by atoms with Crippen molar-refractivity contribution in [3.05, 3.63) is 143 Å². The first kappa shape index (κ1) is 33.7. The van der Waals surface area contributed by atoms with Crippen molar-refractivity contribution in [2.24, 2.45) is 0 Å². The highest BCUT2D eigenvalue weighted by Crippen LogP contribution is 2.51. The lowest BCUT2D eigenvalue weighted by Crippen LogP contribution is -2.48. The Labute approximate surface area is 290 Å². The zero-order valence-corrected chi connectivity index (χ0v) is 31.0. The summed E-state index contributed by atoms with van der Waals surface area (Å²) < 4.78 is 6.49. The monoisotopic (exact) mass is 648 g/mol. The zero-order valence-electron chi connectivity index (χ0n) is 30.0. The lowest BCUT2D eigenvalue weighted by Gasteiger charge is -2.34. The predicted octanol–water partition coefficient (Wildman–Crippen LogP) is 12.2. The first-order chi connectivity index (χ1) is 23.2. The highest BCUT2D eigenvalue weighted by atomic mass is 28.3. The molecule has 1 aliphatic carbocycles. The molecule has 0 unspecified atom stereocenters. The molecule has 0 N–H and O–H groups in total. The molecule has 48 heavy (non-hydrogen) atoms. The van der Waals surface area contributed by atoms with Crippen LogP contribution in [0.4, 0.5) is 0 Å². The van der Waals surface area contributed by atoms with E-state index in [2.05, 4.69) is 144 Å². The minimum absolute atomic E-state index is 0.279. The van der Waals surface area contributed by atoms with E-state index in [4.69, 9.17) is 4.74 Å². The fourth-order valence-electron chi connectivity index (χ4n) is 7.89. The van der Waals surface area contributed by atoms with Crippen LogP contribution in [0, 0.1) is 13.8 Å². The number of hydrogen-bond acceptors (Lipinski definition) is 1. The van der Waals surface area contributed by atoms with E-state index in [1.54, 1.807) is 0 Å². The van der Waals surface area contributed by atoms with Gasteiger partial charge in [0, 0.05) is 5.54 Å². The Kier molecular flexibility index (Phi) is 10.2. The fraction of sp³-hybridized carbons (Fsp3) is 0.304. The van der Waals surface area contributed by atoms with E-state index in [9.17, 15) is 0 Å². The molecule has 0 saturated carbocycles. The van der Waals surface area contributed by atoms with Crippen LogP contribution < -0.4 is 9.92 Å². The van der Waals surface area contributed by atoms with E-state index in [-0.39, 0.29) is 5.54 Å². The largest absolute Gasteiger partial charge is 0.489 e. The van der Waals surface area contributed by atoms with E-state index in [0.717, 1.165) is 18.6 Å². The quantitative estimate of drug-likeness (QED) is 0.0912. The minimum Gasteiger partial charge on any atom is -0.489 e. The maximum Gasteiger partial charge on any atom is 0.121 e. The van der Waals surface area contributed by atoms with Gasteiger partial charge in [-0.25, -0.2) is 0 Å². The van der Waals surface area contributed by atoms with Gasteiger partial charge >= 0.3 is 0 Å². The number of hydrogen-bond donors (Lipinski definition) is 0. The maximum atomic E-state index is 6.49. The topological polar surface area (TPSA) is 9.23 Å². The van der Waals surface area contributed by atoms with Gasteiger partial charge in [0.2, 0.25) is 0 Å². The third-order valence-electron chi connectivity index (χ3n) is 10.4. The van der Waals surface area contributed by atoms with E-state index >= 15 is 0 Å². The second-order valence-electron chi connectivity index (χ2n) is 14.4. The van der Waals surface area contributed by atoms with Crippen LogP contribution in [-0.2, 0) is 12.8 Å². The van der Waals surface area contributed by atoms with Crippen LogP contribution in [0.3, 0.4) is 0 Å². The first-order valence-electron chi connectivity index (χ1n) is 18.1. The Morgan fingerprint density at radius 2 is 1.19 bits per heavy atom. The van der Waals surface area contributed by atoms with E-state index < -0.39 is 8.07 Å². The molecule has 0 fully saturated rings. The average molecular weight is 649 g/mol. The number of rotatable bonds is 13. The SMILES string of the molecule is C=CCOc1c(C)cc(C)cc1[Si](C)(C)C1c2cc(-c3cccc(CCCC)c3)ccc2-c2ccc(-c3cccc(CCCC)c3)cc21. The van der Waals surface area contributed by atoms with Crippen LogP contribution in [0.25, 0.3) is 33.4 Å². The normalized spacial score (nSPS) is 12.5. The zero-order chi connectivity index (χ0) is 33.8. The summed E-state index contributed by atoms with van der Waals surface area (Å²) in [5, 5.41) is 1.39. The summed E-state index contributed by atoms with van der Waals surface area (Å²) in [6, 6.07) is 37.6. The lowest BCUT2D eigenvalue weighted by molar-refractivity contribution is 0.363. The number of fused-ring (bicyclic) bond motifs is 3. The van der Waals surface area contributed by atoms with Crippen LogP contribution in [0.15, 0.2) is 110 Å². The van der Waals surface area contributed by atoms with Gasteiger partial charge in [0.15, 0.2) is 0 Å². The van der Waals surface area contributed by atoms with E-state index in [1.165, 1.54) is 97.6 Å². The molecule has 0 aliphatic heterocycles. The molecule has 0 radical (unpaired) electrons. The van der Waals surface area contributed by atoms with Gasteiger partial charge in [-0.15, -0.1) is 0 Å². The third kappa shape index (κ3) is 6.73. The van der Waals surface area contributed by atoms with E-state index in [0.29, 0.717) is 6.61 Å². The molecule has 2 heteroatoms. The molecule has 0 aromatic heterocycles. The fourth-order valence-corrected chi connectivity index (χ4v) is 11.7. The van der Waals surface area contributed by atoms with Crippen molar-refractivity contribution in [1.29, 1.82) is 0 Å². The Hall–Kier alpha value is -4.14. The molecule has 0 heterocycles. The Morgan fingerprint density at radius 1 is 0.667 bits per heavy atom. The van der Waals surface area contributed by atoms with E-state index in [1.807, 2.05) is 6.08 Å². The van der Waals surface area contributed by atoms with Crippen molar-refractivity contribution >= 4 is 13.3 Å². The first-order valence-corrected chi connectivity index (χ1v) is 21.1. The van der Waals surface area contributed by atoms with Gasteiger partial charge in [-0.3, -0.25) is 0 Å². The molecular formula is C46H52OSi. The second-order valence-corrected chi connectivity index (χ2v) is 19.0. The summed E-state index contributed by atoms with van der Waals surface area (Å²) in [5.74, 6) is 1.05. The Morgan fingerprint density at radius 3 is 1.69 bits per heavy atom. The Bertz CT molecular complexity index is 1830. The number of aryl methyl sites for hydroxylation is 4. The van der Waals surface area contributed by atoms with Crippen LogP contribution in [-0.4, -0.2) is 14.7 Å². The van der Waals surface area contributed by atoms with Gasteiger partial charge in [-0.2, -0.15) is 0 Å². The molecule has 5 aromatic rings. The smallest absolute Gasteiger partial charge is 0.121 e. The molecular weight excluding hydrogens is 597 g/mol. The van der Waals surface area contributed by atoms with Gasteiger partial charge < -0.3 is 4.74 Å². The molecule has 0 bridgehead atoms. The third-order valence-corrected chi connectivity index (χ3v) is 14.2. The standard InChI is InChI=1S/C46H52OSi/c1-8-11-15-34-17-13-19-36(28-34)38-21-23-40-41-24-22-39(37-20-14-18-35(29-37)16-12-9-2)31-43(41)46(42(40)30-38)48(6,7)44-27-32(4)26-33(5)45(44)47-25-10-3/h10,13-14,17-24,26-31,46H,3,8-9,11-12,15-16,25H2,1-2,4-7H3. The number of unbranched alkanes of at least 4 members (excludes halogenated alkanes) is 2. The number of benzene rings is 5. The van der Waals surface area contributed by atoms with Gasteiger partial charge in [-0.05, 0) is 106 Å². The van der Waals surface area contributed by atoms with Crippen molar-refractivity contribution in [2.75, 3.05) is 6.61 Å². The highest BCUT2D eigenvalue weighted by molar-refractivity contribution is 6.92. The van der Waals surface area contributed by atoms with Crippen molar-refractivity contribution < 1.29 is 4.74 Å². The molecule has 1 nitrogen and oxygen atoms in total. The van der Waals surface area contributed by atoms with Gasteiger partial charge in [0.05, 0.1) is 8.07 Å². The van der Waals surface area contributed by atoms with Crippen LogP contribution >= 0.6 is 0 Å². The molecule has 246 valence electrons. The number of ether oxygens (including phenoxy) is 1. The Balaban J connectivity index is 1.53. The molecule has 1 aliphatic rings. The minimum atomic E-state index is -2.27. The van der Waals surface area contributed by atoms with Gasteiger partial charge in [0.1, 0.15) is 12.4 Å². The molecule has 0 saturated heterocycles. The summed E-state index contributed by atoms with van der Waals surface area (Å²) in [6.07, 6.45) is 8.99. The summed E-state index contributed by atoms with van der Waals surface area (Å²) in [4.78, 5) is 0. The van der Waals surface area contributed by atoms with Crippen LogP contribution in [0.5, 0.6) is 5.75 Å². The summed E-state index contributed by atoms with van der Waals surface area (Å²) >= 11 is 0. The maximum absolute atomic E-state index is 6.49. The van der Waals surface area contributed by atoms with Gasteiger partial charge in [-0.1, -0.05) is 155 Å². The summed E-state index contributed by atoms with van der Waals surface area (Å²) in [7, 11) is -2.27. The van der Waals surface area contributed by atoms with Crippen molar-refractivity contribution in [3.8, 4) is 39.1 Å². The predicted molar refractivity (Wildman–Crippen MR) is 211 cm³/mol. The van der Waals surface area contributed by atoms with Gasteiger partial charge in [0.25, 0.3) is 0 Å². The van der Waals surface area contributed by atoms with Crippen LogP contribution in [0.1, 0.15) is 78.5 Å². The van der Waals surface area contributed by atoms with Crippen LogP contribution in [0.2, 0.25) is 13.1 Å². The van der Waals surface area contributed by atoms with Crippen molar-refractivity contribution in [3.63, 3.8) is 0 Å². The molecule has 0 spiro atoms. The average Bonchev–Trinajstić information content (AvgIpc) is 3.43. The molecule has 0 amide bonds. The second kappa shape index (κ2) is 14.5. The highest BCUT2D eigenvalue weighted by Gasteiger charge is 2.44. The molecule has 6 rings (SSSR count). The summed E-state index contributed by atoms with van der Waals surface area (Å²) in [6.45, 7) is 18.5. The van der Waals surface area contributed by atoms with Crippen molar-refractivity contribution in [2.45, 2.75) is 84.9 Å². The summed E-state index contributed by atoms with van der Waals surface area (Å²) in [5.41, 5.74) is 16.5. The lowest BCUT2D eigenvalue weighted by atomic mass is 9.96. The molecule has 5 aromatic carbocycles. The molecule has 0 atom stereocenters. The van der Waals surface area contributed by atoms with Crippen molar-refractivity contribution in [1.82, 2.24) is 0 Å².